The van der Waals surface area contributed by atoms with E-state index in [1.807, 2.05) is 30.6 Å². The summed E-state index contributed by atoms with van der Waals surface area (Å²) >= 11 is 0. The molecule has 212 valence electrons. The lowest BCUT2D eigenvalue weighted by Gasteiger charge is -2.24. The molecule has 0 bridgehead atoms. The van der Waals surface area contributed by atoms with Crippen LogP contribution in [0.4, 0.5) is 0 Å². The third kappa shape index (κ3) is 3.89. The van der Waals surface area contributed by atoms with Gasteiger partial charge in [-0.15, -0.1) is 0 Å². The molecule has 0 N–H and O–H groups in total. The predicted molar refractivity (Wildman–Crippen MR) is 188 cm³/mol. The Labute approximate surface area is 262 Å². The summed E-state index contributed by atoms with van der Waals surface area (Å²) < 4.78 is 0. The SMILES string of the molecule is CC1(C)c2ccccc2-c2cc3c(-c4ccc5ccccc5c4)c4ccccc4c(-c4ccc(-c5ccccn5)nc4)c3cc21. The molecule has 0 saturated carbocycles. The summed E-state index contributed by atoms with van der Waals surface area (Å²) in [5, 5.41) is 7.49. The summed E-state index contributed by atoms with van der Waals surface area (Å²) in [4.78, 5) is 9.46. The van der Waals surface area contributed by atoms with E-state index in [2.05, 4.69) is 134 Å². The summed E-state index contributed by atoms with van der Waals surface area (Å²) in [5.74, 6) is 0. The van der Waals surface area contributed by atoms with Gasteiger partial charge in [0.05, 0.1) is 11.4 Å². The molecule has 0 saturated heterocycles. The van der Waals surface area contributed by atoms with Gasteiger partial charge in [0.15, 0.2) is 0 Å². The molecule has 1 aliphatic rings. The molecule has 1 aliphatic carbocycles. The fraction of sp³-hybridized carbons (Fsp3) is 0.0698. The smallest absolute Gasteiger partial charge is 0.0886 e. The molecule has 0 fully saturated rings. The quantitative estimate of drug-likeness (QED) is 0.196. The van der Waals surface area contributed by atoms with E-state index in [0.29, 0.717) is 0 Å². The molecular formula is C43H30N2. The van der Waals surface area contributed by atoms with Crippen molar-refractivity contribution in [2.45, 2.75) is 19.3 Å². The van der Waals surface area contributed by atoms with Gasteiger partial charge in [0.1, 0.15) is 0 Å². The van der Waals surface area contributed by atoms with Crippen LogP contribution in [-0.4, -0.2) is 9.97 Å². The third-order valence-corrected chi connectivity index (χ3v) is 9.74. The fourth-order valence-corrected chi connectivity index (χ4v) is 7.55. The normalized spacial score (nSPS) is 13.3. The van der Waals surface area contributed by atoms with Crippen LogP contribution in [0.25, 0.3) is 77.1 Å². The number of fused-ring (bicyclic) bond motifs is 6. The molecule has 45 heavy (non-hydrogen) atoms. The molecule has 9 rings (SSSR count). The van der Waals surface area contributed by atoms with Gasteiger partial charge >= 0.3 is 0 Å². The van der Waals surface area contributed by atoms with Crippen molar-refractivity contribution in [3.8, 4) is 44.8 Å². The number of pyridine rings is 2. The van der Waals surface area contributed by atoms with Crippen molar-refractivity contribution in [2.75, 3.05) is 0 Å². The van der Waals surface area contributed by atoms with Gasteiger partial charge in [-0.2, -0.15) is 0 Å². The summed E-state index contributed by atoms with van der Waals surface area (Å²) in [6.07, 6.45) is 3.84. The average Bonchev–Trinajstić information content (AvgIpc) is 3.32. The van der Waals surface area contributed by atoms with Crippen LogP contribution in [0.2, 0.25) is 0 Å². The lowest BCUT2D eigenvalue weighted by molar-refractivity contribution is 0.661. The Balaban J connectivity index is 1.40. The van der Waals surface area contributed by atoms with Gasteiger partial charge in [0.2, 0.25) is 0 Å². The van der Waals surface area contributed by atoms with Crippen molar-refractivity contribution in [1.29, 1.82) is 0 Å². The van der Waals surface area contributed by atoms with E-state index in [1.165, 1.54) is 71.3 Å². The zero-order valence-electron chi connectivity index (χ0n) is 25.3. The van der Waals surface area contributed by atoms with Gasteiger partial charge in [-0.1, -0.05) is 111 Å². The highest BCUT2D eigenvalue weighted by Gasteiger charge is 2.36. The van der Waals surface area contributed by atoms with Gasteiger partial charge < -0.3 is 0 Å². The van der Waals surface area contributed by atoms with Gasteiger partial charge in [0, 0.05) is 23.4 Å². The number of hydrogen-bond acceptors (Lipinski definition) is 2. The summed E-state index contributed by atoms with van der Waals surface area (Å²) in [6, 6.07) is 48.5. The average molecular weight is 575 g/mol. The molecule has 8 aromatic rings. The molecule has 2 heterocycles. The fourth-order valence-electron chi connectivity index (χ4n) is 7.55. The minimum absolute atomic E-state index is 0.104. The highest BCUT2D eigenvalue weighted by molar-refractivity contribution is 6.22. The Morgan fingerprint density at radius 3 is 1.89 bits per heavy atom. The van der Waals surface area contributed by atoms with Crippen molar-refractivity contribution in [3.63, 3.8) is 0 Å². The summed E-state index contributed by atoms with van der Waals surface area (Å²) in [7, 11) is 0. The van der Waals surface area contributed by atoms with Crippen LogP contribution >= 0.6 is 0 Å². The van der Waals surface area contributed by atoms with Crippen LogP contribution in [0.1, 0.15) is 25.0 Å². The van der Waals surface area contributed by atoms with E-state index >= 15 is 0 Å². The summed E-state index contributed by atoms with van der Waals surface area (Å²) in [6.45, 7) is 4.72. The molecule has 0 spiro atoms. The van der Waals surface area contributed by atoms with Crippen LogP contribution in [0, 0.1) is 0 Å². The van der Waals surface area contributed by atoms with Crippen LogP contribution < -0.4 is 0 Å². The Hall–Kier alpha value is -5.60. The Morgan fingerprint density at radius 2 is 1.11 bits per heavy atom. The Bertz CT molecular complexity index is 2440. The number of benzene rings is 6. The van der Waals surface area contributed by atoms with Crippen molar-refractivity contribution in [3.05, 3.63) is 157 Å². The third-order valence-electron chi connectivity index (χ3n) is 9.74. The molecular weight excluding hydrogens is 544 g/mol. The topological polar surface area (TPSA) is 25.8 Å². The van der Waals surface area contributed by atoms with E-state index in [4.69, 9.17) is 4.98 Å². The van der Waals surface area contributed by atoms with Gasteiger partial charge in [0.25, 0.3) is 0 Å². The summed E-state index contributed by atoms with van der Waals surface area (Å²) in [5.41, 5.74) is 11.9. The monoisotopic (exact) mass is 574 g/mol. The van der Waals surface area contributed by atoms with E-state index < -0.39 is 0 Å². The van der Waals surface area contributed by atoms with Crippen LogP contribution in [-0.2, 0) is 5.41 Å². The predicted octanol–water partition coefficient (Wildman–Crippen LogP) is 11.2. The van der Waals surface area contributed by atoms with E-state index in [9.17, 15) is 0 Å². The minimum atomic E-state index is -0.104. The maximum atomic E-state index is 4.92. The highest BCUT2D eigenvalue weighted by Crippen LogP contribution is 2.53. The Morgan fingerprint density at radius 1 is 0.444 bits per heavy atom. The van der Waals surface area contributed by atoms with Crippen molar-refractivity contribution in [2.24, 2.45) is 0 Å². The zero-order chi connectivity index (χ0) is 30.1. The van der Waals surface area contributed by atoms with Crippen molar-refractivity contribution >= 4 is 32.3 Å². The number of rotatable bonds is 3. The van der Waals surface area contributed by atoms with E-state index in [1.54, 1.807) is 0 Å². The van der Waals surface area contributed by atoms with Gasteiger partial charge in [-0.25, -0.2) is 0 Å². The molecule has 2 nitrogen and oxygen atoms in total. The first-order valence-corrected chi connectivity index (χ1v) is 15.6. The molecule has 6 aromatic carbocycles. The van der Waals surface area contributed by atoms with Crippen LogP contribution in [0.3, 0.4) is 0 Å². The molecule has 0 aliphatic heterocycles. The molecule has 0 atom stereocenters. The van der Waals surface area contributed by atoms with Crippen LogP contribution in [0.5, 0.6) is 0 Å². The minimum Gasteiger partial charge on any atom is -0.255 e. The number of aromatic nitrogens is 2. The first-order chi connectivity index (χ1) is 22.1. The maximum Gasteiger partial charge on any atom is 0.0886 e. The van der Waals surface area contributed by atoms with E-state index in [-0.39, 0.29) is 5.41 Å². The van der Waals surface area contributed by atoms with Crippen molar-refractivity contribution < 1.29 is 0 Å². The van der Waals surface area contributed by atoms with Gasteiger partial charge in [-0.3, -0.25) is 9.97 Å². The first-order valence-electron chi connectivity index (χ1n) is 15.6. The Kier molecular flexibility index (Phi) is 5.58. The molecule has 0 amide bonds. The lowest BCUT2D eigenvalue weighted by Crippen LogP contribution is -2.14. The second-order valence-corrected chi connectivity index (χ2v) is 12.6. The standard InChI is InChI=1S/C43H30N2/c1-43(2)37-16-8-7-13-31(37)34-24-35-36(25-38(34)43)42(30-20-21-40(45-26-30)39-17-9-10-22-44-39)33-15-6-5-14-32(33)41(35)29-19-18-27-11-3-4-12-28(27)23-29/h3-26H,1-2H3. The first kappa shape index (κ1) is 25.9. The zero-order valence-corrected chi connectivity index (χ0v) is 25.3. The molecule has 2 aromatic heterocycles. The van der Waals surface area contributed by atoms with E-state index in [0.717, 1.165) is 17.0 Å². The molecule has 0 radical (unpaired) electrons. The lowest BCUT2D eigenvalue weighted by atomic mass is 9.79. The van der Waals surface area contributed by atoms with Crippen LogP contribution in [0.15, 0.2) is 146 Å². The highest BCUT2D eigenvalue weighted by atomic mass is 14.8. The maximum absolute atomic E-state index is 4.92. The second-order valence-electron chi connectivity index (χ2n) is 12.6. The second kappa shape index (κ2) is 9.70. The van der Waals surface area contributed by atoms with Crippen molar-refractivity contribution in [1.82, 2.24) is 9.97 Å². The molecule has 0 unspecified atom stereocenters. The van der Waals surface area contributed by atoms with Gasteiger partial charge in [-0.05, 0) is 108 Å². The largest absolute Gasteiger partial charge is 0.255 e. The molecule has 2 heteroatoms. The number of nitrogens with zero attached hydrogens (tertiary/aromatic N) is 2. The number of hydrogen-bond donors (Lipinski definition) is 0.